The maximum absolute atomic E-state index is 14.6. The Morgan fingerprint density at radius 2 is 2.07 bits per heavy atom. The highest BCUT2D eigenvalue weighted by Crippen LogP contribution is 2.47. The van der Waals surface area contributed by atoms with Gasteiger partial charge in [0.25, 0.3) is 0 Å². The van der Waals surface area contributed by atoms with E-state index >= 15 is 0 Å². The lowest BCUT2D eigenvalue weighted by Gasteiger charge is -2.39. The minimum absolute atomic E-state index is 0.0114. The van der Waals surface area contributed by atoms with Gasteiger partial charge in [0.15, 0.2) is 0 Å². The van der Waals surface area contributed by atoms with Gasteiger partial charge in [-0.15, -0.1) is 11.3 Å². The quantitative estimate of drug-likeness (QED) is 0.212. The van der Waals surface area contributed by atoms with Gasteiger partial charge in [-0.3, -0.25) is 14.3 Å². The van der Waals surface area contributed by atoms with E-state index in [9.17, 15) is 14.0 Å². The number of carbonyl (C=O) groups is 2. The van der Waals surface area contributed by atoms with E-state index in [1.165, 1.54) is 18.2 Å². The van der Waals surface area contributed by atoms with Crippen molar-refractivity contribution in [2.75, 3.05) is 57.9 Å². The van der Waals surface area contributed by atoms with Crippen LogP contribution in [0.2, 0.25) is 0 Å². The van der Waals surface area contributed by atoms with Gasteiger partial charge in [-0.2, -0.15) is 5.10 Å². The molecule has 3 aliphatic rings. The zero-order chi connectivity index (χ0) is 31.1. The Kier molecular flexibility index (Phi) is 7.78. The van der Waals surface area contributed by atoms with Crippen LogP contribution >= 0.6 is 11.3 Å². The fourth-order valence-corrected chi connectivity index (χ4v) is 7.61. The number of fused-ring (bicyclic) bond motifs is 1. The van der Waals surface area contributed by atoms with Gasteiger partial charge >= 0.3 is 0 Å². The Balaban J connectivity index is 1.31. The number of anilines is 1. The second-order valence-electron chi connectivity index (χ2n) is 12.1. The monoisotopic (exact) mass is 630 g/mol. The van der Waals surface area contributed by atoms with E-state index in [-0.39, 0.29) is 29.9 Å². The molecule has 45 heavy (non-hydrogen) atoms. The molecule has 234 valence electrons. The summed E-state index contributed by atoms with van der Waals surface area (Å²) < 4.78 is 28.7. The predicted octanol–water partition coefficient (Wildman–Crippen LogP) is 4.67. The van der Waals surface area contributed by atoms with Crippen molar-refractivity contribution in [2.24, 2.45) is 5.41 Å². The van der Waals surface area contributed by atoms with Crippen LogP contribution in [-0.2, 0) is 14.3 Å². The third-order valence-electron chi connectivity index (χ3n) is 9.26. The van der Waals surface area contributed by atoms with Gasteiger partial charge in [-0.1, -0.05) is 6.58 Å². The van der Waals surface area contributed by atoms with Crippen molar-refractivity contribution in [1.29, 1.82) is 0 Å². The first-order chi connectivity index (χ1) is 21.9. The molecule has 1 spiro atoms. The maximum atomic E-state index is 14.6. The molecule has 7 rings (SSSR count). The number of aromatic nitrogens is 3. The number of likely N-dealkylation sites (tertiary alicyclic amines) is 1. The van der Waals surface area contributed by atoms with Crippen LogP contribution in [0.1, 0.15) is 25.3 Å². The fraction of sp³-hybridized carbons (Fsp3) is 0.394. The van der Waals surface area contributed by atoms with Crippen molar-refractivity contribution >= 4 is 39.1 Å². The Morgan fingerprint density at radius 1 is 1.24 bits per heavy atom. The standard InChI is InChI=1S/C33H35FN6O4S/c1-3-28(42)39-18-23(19-39)40-17-21(16-36-40)30-29(24-5-4-22(34)14-26(24)44-12-11-43-2)31-25(6-13-45-31)32(37-30)38-9-7-33(8-10-38)15-27(41)35-20-33/h3-6,13-14,16-17,23H,1,7-12,15,18-20H2,2H3,(H,35,41). The third kappa shape index (κ3) is 5.46. The fourth-order valence-electron chi connectivity index (χ4n) is 6.66. The normalized spacial score (nSPS) is 18.0. The molecule has 0 radical (unpaired) electrons. The van der Waals surface area contributed by atoms with E-state index in [0.717, 1.165) is 70.8 Å². The molecule has 10 nitrogen and oxygen atoms in total. The summed E-state index contributed by atoms with van der Waals surface area (Å²) in [5.74, 6) is 0.963. The average Bonchev–Trinajstić information content (AvgIpc) is 3.78. The molecule has 0 unspecified atom stereocenters. The van der Waals surface area contributed by atoms with Crippen LogP contribution < -0.4 is 15.0 Å². The number of piperidine rings is 1. The Morgan fingerprint density at radius 3 is 2.80 bits per heavy atom. The number of amides is 2. The highest BCUT2D eigenvalue weighted by atomic mass is 32.1. The second-order valence-corrected chi connectivity index (χ2v) is 13.0. The highest BCUT2D eigenvalue weighted by molar-refractivity contribution is 7.18. The minimum atomic E-state index is -0.390. The lowest BCUT2D eigenvalue weighted by molar-refractivity contribution is -0.131. The molecule has 1 N–H and O–H groups in total. The highest BCUT2D eigenvalue weighted by Gasteiger charge is 2.41. The number of methoxy groups -OCH3 is 1. The number of thiophene rings is 1. The third-order valence-corrected chi connectivity index (χ3v) is 10.2. The van der Waals surface area contributed by atoms with Crippen LogP contribution in [0.3, 0.4) is 0 Å². The van der Waals surface area contributed by atoms with Gasteiger partial charge in [0.1, 0.15) is 24.0 Å². The molecule has 3 aliphatic heterocycles. The van der Waals surface area contributed by atoms with Crippen LogP contribution in [0.15, 0.2) is 54.7 Å². The summed E-state index contributed by atoms with van der Waals surface area (Å²) in [5.41, 5.74) is 3.15. The van der Waals surface area contributed by atoms with E-state index in [1.807, 2.05) is 17.1 Å². The van der Waals surface area contributed by atoms with E-state index in [0.29, 0.717) is 31.9 Å². The molecule has 4 aromatic rings. The van der Waals surface area contributed by atoms with Gasteiger partial charge < -0.3 is 24.6 Å². The number of rotatable bonds is 9. The molecule has 3 saturated heterocycles. The van der Waals surface area contributed by atoms with E-state index in [2.05, 4.69) is 33.3 Å². The summed E-state index contributed by atoms with van der Waals surface area (Å²) in [4.78, 5) is 33.5. The molecule has 0 aliphatic carbocycles. The summed E-state index contributed by atoms with van der Waals surface area (Å²) in [6.07, 6.45) is 7.51. The first-order valence-electron chi connectivity index (χ1n) is 15.2. The molecule has 3 aromatic heterocycles. The number of hydrogen-bond acceptors (Lipinski definition) is 8. The average molecular weight is 631 g/mol. The van der Waals surface area contributed by atoms with Crippen LogP contribution in [0.4, 0.5) is 10.2 Å². The molecule has 12 heteroatoms. The Bertz CT molecular complexity index is 1770. The maximum Gasteiger partial charge on any atom is 0.246 e. The van der Waals surface area contributed by atoms with Crippen molar-refractivity contribution < 1.29 is 23.5 Å². The zero-order valence-electron chi connectivity index (χ0n) is 25.1. The smallest absolute Gasteiger partial charge is 0.246 e. The Hall–Kier alpha value is -4.29. The van der Waals surface area contributed by atoms with Crippen LogP contribution in [0, 0.1) is 11.2 Å². The topological polar surface area (TPSA) is 102 Å². The summed E-state index contributed by atoms with van der Waals surface area (Å²) in [5, 5.41) is 10.8. The first-order valence-corrected chi connectivity index (χ1v) is 16.1. The number of halogens is 1. The molecule has 0 saturated carbocycles. The lowest BCUT2D eigenvalue weighted by atomic mass is 9.77. The van der Waals surface area contributed by atoms with Crippen LogP contribution in [0.5, 0.6) is 5.75 Å². The van der Waals surface area contributed by atoms with Gasteiger partial charge in [0.2, 0.25) is 11.8 Å². The van der Waals surface area contributed by atoms with Gasteiger partial charge in [-0.25, -0.2) is 9.37 Å². The van der Waals surface area contributed by atoms with Crippen molar-refractivity contribution in [3.8, 4) is 28.1 Å². The number of ether oxygens (including phenoxy) is 2. The van der Waals surface area contributed by atoms with Crippen molar-refractivity contribution in [2.45, 2.75) is 25.3 Å². The lowest BCUT2D eigenvalue weighted by Crippen LogP contribution is -2.50. The summed E-state index contributed by atoms with van der Waals surface area (Å²) in [7, 11) is 1.60. The van der Waals surface area contributed by atoms with Gasteiger partial charge in [-0.05, 0) is 47.9 Å². The first kappa shape index (κ1) is 29.4. The largest absolute Gasteiger partial charge is 0.490 e. The molecule has 0 bridgehead atoms. The molecular weight excluding hydrogens is 595 g/mol. The van der Waals surface area contributed by atoms with Crippen molar-refractivity contribution in [3.63, 3.8) is 0 Å². The van der Waals surface area contributed by atoms with E-state index in [4.69, 9.17) is 14.5 Å². The van der Waals surface area contributed by atoms with Gasteiger partial charge in [0.05, 0.1) is 24.5 Å². The molecule has 6 heterocycles. The molecule has 3 fully saturated rings. The minimum Gasteiger partial charge on any atom is -0.490 e. The van der Waals surface area contributed by atoms with Crippen LogP contribution in [0.25, 0.3) is 32.5 Å². The molecule has 1 aromatic carbocycles. The number of nitrogens with one attached hydrogen (secondary N) is 1. The number of benzene rings is 1. The zero-order valence-corrected chi connectivity index (χ0v) is 25.9. The van der Waals surface area contributed by atoms with Crippen LogP contribution in [-0.4, -0.2) is 84.5 Å². The number of nitrogens with zero attached hydrogens (tertiary/aromatic N) is 5. The summed E-state index contributed by atoms with van der Waals surface area (Å²) >= 11 is 1.61. The summed E-state index contributed by atoms with van der Waals surface area (Å²) in [6, 6.07) is 6.75. The number of pyridine rings is 1. The molecule has 2 amide bonds. The predicted molar refractivity (Wildman–Crippen MR) is 171 cm³/mol. The summed E-state index contributed by atoms with van der Waals surface area (Å²) in [6.45, 7) is 7.67. The number of hydrogen-bond donors (Lipinski definition) is 1. The number of carbonyl (C=O) groups excluding carboxylic acids is 2. The van der Waals surface area contributed by atoms with Crippen molar-refractivity contribution in [1.82, 2.24) is 25.0 Å². The SMILES string of the molecule is C=CC(=O)N1CC(n2cc(-c3nc(N4CCC5(CC4)CNC(=O)C5)c4ccsc4c3-c3ccc(F)cc3OCCOC)cn2)C1. The van der Waals surface area contributed by atoms with E-state index < -0.39 is 5.82 Å². The van der Waals surface area contributed by atoms with E-state index in [1.54, 1.807) is 29.4 Å². The second kappa shape index (κ2) is 11.9. The molecule has 0 atom stereocenters. The Labute approximate surface area is 264 Å². The van der Waals surface area contributed by atoms with Gasteiger partial charge in [0, 0.05) is 85.3 Å². The van der Waals surface area contributed by atoms with Crippen molar-refractivity contribution in [3.05, 3.63) is 60.5 Å². The molecular formula is C33H35FN6O4S.